The first kappa shape index (κ1) is 15.0. The Bertz CT molecular complexity index is 537. The zero-order chi connectivity index (χ0) is 14.4. The van der Waals surface area contributed by atoms with Crippen LogP contribution in [0.3, 0.4) is 0 Å². The number of anilines is 1. The van der Waals surface area contributed by atoms with E-state index in [1.807, 2.05) is 0 Å². The molecule has 0 heterocycles. The lowest BCUT2D eigenvalue weighted by molar-refractivity contribution is 0.267. The molecule has 1 N–H and O–H groups in total. The van der Waals surface area contributed by atoms with E-state index in [0.717, 1.165) is 18.5 Å². The predicted octanol–water partition coefficient (Wildman–Crippen LogP) is 3.47. The average Bonchev–Trinajstić information content (AvgIpc) is 2.49. The van der Waals surface area contributed by atoms with Gasteiger partial charge in [0, 0.05) is 25.3 Å². The molecule has 0 aliphatic carbocycles. The van der Waals surface area contributed by atoms with E-state index in [0.29, 0.717) is 0 Å². The molecule has 108 valence electrons. The van der Waals surface area contributed by atoms with Gasteiger partial charge in [0.15, 0.2) is 0 Å². The van der Waals surface area contributed by atoms with Gasteiger partial charge >= 0.3 is 9.28 Å². The molecule has 0 radical (unpaired) electrons. The molecule has 0 saturated heterocycles. The minimum absolute atomic E-state index is 0.279. The summed E-state index contributed by atoms with van der Waals surface area (Å²) in [6.07, 6.45) is 2.17. The summed E-state index contributed by atoms with van der Waals surface area (Å²) in [5.41, 5.74) is 1.44. The quantitative estimate of drug-likeness (QED) is 0.792. The molecule has 0 aliphatic heterocycles. The van der Waals surface area contributed by atoms with Crippen LogP contribution >= 0.6 is 0 Å². The van der Waals surface area contributed by atoms with E-state index in [1.54, 1.807) is 14.2 Å². The Morgan fingerprint density at radius 2 is 1.75 bits per heavy atom. The average molecular weight is 289 g/mol. The molecule has 0 bridgehead atoms. The lowest BCUT2D eigenvalue weighted by atomic mass is 10.1. The fourth-order valence-electron chi connectivity index (χ4n) is 2.56. The van der Waals surface area contributed by atoms with Gasteiger partial charge < -0.3 is 14.2 Å². The number of nitrogens with one attached hydrogen (secondary N) is 1. The molecule has 1 unspecified atom stereocenters. The summed E-state index contributed by atoms with van der Waals surface area (Å²) in [6, 6.07) is 14.8. The molecule has 0 aromatic heterocycles. The normalized spacial score (nSPS) is 12.8. The van der Waals surface area contributed by atoms with Crippen LogP contribution in [-0.4, -0.2) is 29.2 Å². The Hall–Kier alpha value is -1.36. The van der Waals surface area contributed by atoms with Gasteiger partial charge in [-0.3, -0.25) is 0 Å². The van der Waals surface area contributed by atoms with E-state index in [4.69, 9.17) is 8.85 Å². The molecule has 2 aromatic rings. The molecule has 3 nitrogen and oxygen atoms in total. The zero-order valence-electron chi connectivity index (χ0n) is 12.4. The molecule has 2 rings (SSSR count). The minimum atomic E-state index is -1.69. The summed E-state index contributed by atoms with van der Waals surface area (Å²) in [4.78, 5) is 0. The molecule has 0 aliphatic rings. The maximum absolute atomic E-state index is 5.55. The van der Waals surface area contributed by atoms with Crippen LogP contribution in [0.1, 0.15) is 19.8 Å². The Morgan fingerprint density at radius 3 is 2.45 bits per heavy atom. The second kappa shape index (κ2) is 7.43. The van der Waals surface area contributed by atoms with Gasteiger partial charge in [-0.1, -0.05) is 49.7 Å². The van der Waals surface area contributed by atoms with Crippen molar-refractivity contribution in [2.45, 2.75) is 25.4 Å². The fraction of sp³-hybridized carbons (Fsp3) is 0.375. The van der Waals surface area contributed by atoms with Gasteiger partial charge in [-0.05, 0) is 17.9 Å². The summed E-state index contributed by atoms with van der Waals surface area (Å²) in [6.45, 7) is 2.19. The number of hydrogen-bond acceptors (Lipinski definition) is 3. The number of fused-ring (bicyclic) bond motifs is 1. The SMILES string of the molecule is CCCC(Nc1cccc2ccccc12)[SiH](OC)OC. The van der Waals surface area contributed by atoms with Crippen LogP contribution in [0, 0.1) is 0 Å². The molecule has 0 amide bonds. The highest BCUT2D eigenvalue weighted by Crippen LogP contribution is 2.24. The van der Waals surface area contributed by atoms with E-state index < -0.39 is 9.28 Å². The molecule has 0 saturated carbocycles. The van der Waals surface area contributed by atoms with E-state index in [1.165, 1.54) is 10.8 Å². The summed E-state index contributed by atoms with van der Waals surface area (Å²) < 4.78 is 11.1. The monoisotopic (exact) mass is 289 g/mol. The lowest BCUT2D eigenvalue weighted by Crippen LogP contribution is -2.41. The number of benzene rings is 2. The van der Waals surface area contributed by atoms with Crippen LogP contribution in [-0.2, 0) is 8.85 Å². The fourth-order valence-corrected chi connectivity index (χ4v) is 4.33. The van der Waals surface area contributed by atoms with Crippen molar-refractivity contribution >= 4 is 25.7 Å². The van der Waals surface area contributed by atoms with Gasteiger partial charge in [0.1, 0.15) is 0 Å². The van der Waals surface area contributed by atoms with Gasteiger partial charge in [-0.2, -0.15) is 0 Å². The third kappa shape index (κ3) is 3.39. The van der Waals surface area contributed by atoms with Gasteiger partial charge in [0.2, 0.25) is 0 Å². The highest BCUT2D eigenvalue weighted by molar-refractivity contribution is 6.47. The first-order valence-corrected chi connectivity index (χ1v) is 8.71. The largest absolute Gasteiger partial charge is 0.399 e. The standard InChI is InChI=1S/C16H23NO2Si/c1-4-8-16(20(18-2)19-3)17-15-12-7-10-13-9-5-6-11-14(13)15/h5-7,9-12,16-17,20H,4,8H2,1-3H3. The lowest BCUT2D eigenvalue weighted by Gasteiger charge is -2.25. The maximum atomic E-state index is 5.55. The maximum Gasteiger partial charge on any atom is 0.343 e. The van der Waals surface area contributed by atoms with Crippen molar-refractivity contribution in [3.8, 4) is 0 Å². The summed E-state index contributed by atoms with van der Waals surface area (Å²) >= 11 is 0. The first-order chi connectivity index (χ1) is 9.80. The van der Waals surface area contributed by atoms with E-state index in [9.17, 15) is 0 Å². The summed E-state index contributed by atoms with van der Waals surface area (Å²) in [5, 5.41) is 6.13. The van der Waals surface area contributed by atoms with Crippen molar-refractivity contribution in [1.82, 2.24) is 0 Å². The molecular formula is C16H23NO2Si. The van der Waals surface area contributed by atoms with Crippen molar-refractivity contribution < 1.29 is 8.85 Å². The van der Waals surface area contributed by atoms with Crippen molar-refractivity contribution in [3.05, 3.63) is 42.5 Å². The van der Waals surface area contributed by atoms with Crippen molar-refractivity contribution in [1.29, 1.82) is 0 Å². The third-order valence-electron chi connectivity index (χ3n) is 3.52. The Kier molecular flexibility index (Phi) is 5.58. The van der Waals surface area contributed by atoms with Crippen molar-refractivity contribution in [2.75, 3.05) is 19.5 Å². The van der Waals surface area contributed by atoms with Crippen LogP contribution in [0.5, 0.6) is 0 Å². The van der Waals surface area contributed by atoms with Crippen LogP contribution in [0.4, 0.5) is 5.69 Å². The van der Waals surface area contributed by atoms with E-state index >= 15 is 0 Å². The van der Waals surface area contributed by atoms with Crippen LogP contribution < -0.4 is 5.32 Å². The van der Waals surface area contributed by atoms with Gasteiger partial charge in [-0.25, -0.2) is 0 Å². The van der Waals surface area contributed by atoms with Crippen LogP contribution in [0.15, 0.2) is 42.5 Å². The molecule has 2 aromatic carbocycles. The molecular weight excluding hydrogens is 266 g/mol. The molecule has 0 spiro atoms. The Balaban J connectivity index is 2.28. The van der Waals surface area contributed by atoms with E-state index in [-0.39, 0.29) is 5.67 Å². The molecule has 0 fully saturated rings. The Morgan fingerprint density at radius 1 is 1.05 bits per heavy atom. The van der Waals surface area contributed by atoms with Gasteiger partial charge in [0.25, 0.3) is 0 Å². The number of hydrogen-bond donors (Lipinski definition) is 1. The Labute approximate surface area is 122 Å². The molecule has 20 heavy (non-hydrogen) atoms. The molecule has 4 heteroatoms. The minimum Gasteiger partial charge on any atom is -0.399 e. The predicted molar refractivity (Wildman–Crippen MR) is 87.4 cm³/mol. The summed E-state index contributed by atoms with van der Waals surface area (Å²) in [7, 11) is 1.80. The number of rotatable bonds is 7. The van der Waals surface area contributed by atoms with Crippen LogP contribution in [0.25, 0.3) is 10.8 Å². The second-order valence-corrected chi connectivity index (χ2v) is 7.39. The first-order valence-electron chi connectivity index (χ1n) is 7.10. The van der Waals surface area contributed by atoms with Gasteiger partial charge in [0.05, 0.1) is 5.67 Å². The second-order valence-electron chi connectivity index (χ2n) is 4.91. The topological polar surface area (TPSA) is 30.5 Å². The van der Waals surface area contributed by atoms with Gasteiger partial charge in [-0.15, -0.1) is 0 Å². The van der Waals surface area contributed by atoms with Crippen molar-refractivity contribution in [2.24, 2.45) is 0 Å². The highest BCUT2D eigenvalue weighted by atomic mass is 28.3. The van der Waals surface area contributed by atoms with Crippen molar-refractivity contribution in [3.63, 3.8) is 0 Å². The van der Waals surface area contributed by atoms with E-state index in [2.05, 4.69) is 54.7 Å². The smallest absolute Gasteiger partial charge is 0.343 e. The summed E-state index contributed by atoms with van der Waals surface area (Å²) in [5.74, 6) is 0. The molecule has 1 atom stereocenters. The zero-order valence-corrected chi connectivity index (χ0v) is 13.6. The van der Waals surface area contributed by atoms with Crippen LogP contribution in [0.2, 0.25) is 0 Å². The third-order valence-corrected chi connectivity index (χ3v) is 5.61. The highest BCUT2D eigenvalue weighted by Gasteiger charge is 2.23.